The Balaban J connectivity index is 0.000000307. The molecule has 2 fully saturated rings. The summed E-state index contributed by atoms with van der Waals surface area (Å²) in [6.45, 7) is 19.3. The maximum absolute atomic E-state index is 14.0. The minimum atomic E-state index is -5.07. The molecule has 2 heterocycles. The van der Waals surface area contributed by atoms with Gasteiger partial charge >= 0.3 is 36.9 Å². The van der Waals surface area contributed by atoms with Gasteiger partial charge in [-0.25, -0.2) is 18.4 Å². The number of hydrogen-bond acceptors (Lipinski definition) is 6. The number of benzene rings is 4. The van der Waals surface area contributed by atoms with Crippen LogP contribution in [0.25, 0.3) is 0 Å². The lowest BCUT2D eigenvalue weighted by atomic mass is 9.78. The van der Waals surface area contributed by atoms with Crippen LogP contribution in [0.5, 0.6) is 0 Å². The summed E-state index contributed by atoms with van der Waals surface area (Å²) in [5, 5.41) is 0. The van der Waals surface area contributed by atoms with Gasteiger partial charge in [0.25, 0.3) is 0 Å². The largest absolute Gasteiger partial charge is 0.444 e. The highest BCUT2D eigenvalue weighted by Crippen LogP contribution is 2.44. The number of hydrogen-bond donors (Lipinski definition) is 0. The average molecular weight is 1210 g/mol. The molecule has 84 heavy (non-hydrogen) atoms. The molecule has 464 valence electrons. The second-order valence-electron chi connectivity index (χ2n) is 24.5. The lowest BCUT2D eigenvalue weighted by Crippen LogP contribution is -2.55. The molecule has 2 aliphatic rings. The van der Waals surface area contributed by atoms with E-state index in [2.05, 4.69) is 0 Å². The van der Waals surface area contributed by atoms with Crippen molar-refractivity contribution >= 4 is 24.0 Å². The number of carbonyl (C=O) groups is 4. The number of piperidine rings is 2. The van der Waals surface area contributed by atoms with E-state index in [1.165, 1.54) is 85.7 Å². The number of aryl methyl sites for hydroxylation is 2. The predicted molar refractivity (Wildman–Crippen MR) is 285 cm³/mol. The van der Waals surface area contributed by atoms with E-state index in [0.717, 1.165) is 0 Å². The maximum atomic E-state index is 14.0. The predicted octanol–water partition coefficient (Wildman–Crippen LogP) is 15.4. The van der Waals surface area contributed by atoms with Gasteiger partial charge in [-0.1, -0.05) is 12.1 Å². The Bertz CT molecular complexity index is 2800. The van der Waals surface area contributed by atoms with E-state index in [-0.39, 0.29) is 51.2 Å². The lowest BCUT2D eigenvalue weighted by molar-refractivity contribution is -0.145. The third kappa shape index (κ3) is 16.4. The second kappa shape index (κ2) is 24.4. The number of likely N-dealkylation sites (N-methyl/N-ethyl adjacent to an activating group) is 2. The van der Waals surface area contributed by atoms with Crippen molar-refractivity contribution in [2.45, 2.75) is 167 Å². The van der Waals surface area contributed by atoms with Gasteiger partial charge in [-0.15, -0.1) is 0 Å². The van der Waals surface area contributed by atoms with Gasteiger partial charge in [0.15, 0.2) is 0 Å². The Morgan fingerprint density at radius 3 is 0.940 bits per heavy atom. The molecule has 0 N–H and O–H groups in total. The minimum absolute atomic E-state index is 0.0213. The maximum Gasteiger partial charge on any atom is 0.416 e. The Morgan fingerprint density at radius 2 is 0.702 bits per heavy atom. The first-order valence-electron chi connectivity index (χ1n) is 26.7. The fourth-order valence-electron chi connectivity index (χ4n) is 10.6. The van der Waals surface area contributed by atoms with Crippen molar-refractivity contribution in [2.75, 3.05) is 40.3 Å². The molecule has 6 rings (SSSR count). The molecule has 0 aromatic heterocycles. The van der Waals surface area contributed by atoms with Crippen LogP contribution in [0.15, 0.2) is 72.8 Å². The van der Waals surface area contributed by atoms with E-state index >= 15 is 0 Å². The summed E-state index contributed by atoms with van der Waals surface area (Å²) in [5.41, 5.74) is -9.65. The number of amides is 4. The van der Waals surface area contributed by atoms with Crippen LogP contribution in [0.2, 0.25) is 0 Å². The second-order valence-corrected chi connectivity index (χ2v) is 24.5. The molecule has 4 atom stereocenters. The number of alkyl halides is 12. The van der Waals surface area contributed by atoms with Crippen molar-refractivity contribution in [1.29, 1.82) is 0 Å². The molecule has 24 heteroatoms. The minimum Gasteiger partial charge on any atom is -0.444 e. The molecule has 2 aliphatic heterocycles. The Hall–Kier alpha value is -6.62. The van der Waals surface area contributed by atoms with E-state index in [1.54, 1.807) is 67.5 Å². The zero-order chi connectivity index (χ0) is 64.0. The smallest absolute Gasteiger partial charge is 0.416 e. The highest BCUT2D eigenvalue weighted by molar-refractivity contribution is 5.88. The summed E-state index contributed by atoms with van der Waals surface area (Å²) >= 11 is 0. The van der Waals surface area contributed by atoms with Gasteiger partial charge in [0.1, 0.15) is 22.8 Å². The third-order valence-corrected chi connectivity index (χ3v) is 15.0. The quantitative estimate of drug-likeness (QED) is 0.163. The zero-order valence-electron chi connectivity index (χ0n) is 49.0. The fourth-order valence-corrected chi connectivity index (χ4v) is 10.6. The van der Waals surface area contributed by atoms with Gasteiger partial charge in [0, 0.05) is 64.2 Å². The highest BCUT2D eigenvalue weighted by atomic mass is 19.4. The van der Waals surface area contributed by atoms with E-state index in [9.17, 15) is 80.6 Å². The third-order valence-electron chi connectivity index (χ3n) is 15.0. The van der Waals surface area contributed by atoms with Crippen LogP contribution in [0.1, 0.15) is 150 Å². The van der Waals surface area contributed by atoms with E-state index in [4.69, 9.17) is 9.47 Å². The van der Waals surface area contributed by atoms with Crippen LogP contribution >= 0.6 is 0 Å². The number of ether oxygens (including phenoxy) is 2. The topological polar surface area (TPSA) is 99.7 Å². The van der Waals surface area contributed by atoms with Gasteiger partial charge < -0.3 is 29.1 Å². The molecule has 2 saturated heterocycles. The number of rotatable bonds is 8. The average Bonchev–Trinajstić information content (AvgIpc) is 2.26. The van der Waals surface area contributed by atoms with Crippen LogP contribution < -0.4 is 0 Å². The summed E-state index contributed by atoms with van der Waals surface area (Å²) in [7, 11) is 2.87. The van der Waals surface area contributed by atoms with Crippen molar-refractivity contribution in [1.82, 2.24) is 19.6 Å². The first kappa shape index (κ1) is 68.2. The first-order chi connectivity index (χ1) is 38.0. The summed E-state index contributed by atoms with van der Waals surface area (Å²) < 4.78 is 202. The van der Waals surface area contributed by atoms with Crippen LogP contribution in [0.3, 0.4) is 0 Å². The molecule has 0 bridgehead atoms. The van der Waals surface area contributed by atoms with Gasteiger partial charge in [-0.05, 0) is 190 Å². The molecule has 4 amide bonds. The first-order valence-corrected chi connectivity index (χ1v) is 26.7. The van der Waals surface area contributed by atoms with E-state index in [1.807, 2.05) is 0 Å². The van der Waals surface area contributed by atoms with Crippen LogP contribution in [0, 0.1) is 25.5 Å². The monoisotopic (exact) mass is 1210 g/mol. The molecule has 4 aromatic rings. The van der Waals surface area contributed by atoms with Crippen molar-refractivity contribution < 1.29 is 90.1 Å². The van der Waals surface area contributed by atoms with Crippen LogP contribution in [-0.2, 0) is 54.6 Å². The van der Waals surface area contributed by atoms with Crippen LogP contribution in [0.4, 0.5) is 71.1 Å². The van der Waals surface area contributed by atoms with Crippen molar-refractivity contribution in [3.8, 4) is 0 Å². The Labute approximate surface area is 479 Å². The van der Waals surface area contributed by atoms with Crippen molar-refractivity contribution in [3.05, 3.63) is 140 Å². The van der Waals surface area contributed by atoms with E-state index in [0.29, 0.717) is 46.5 Å². The molecule has 0 unspecified atom stereocenters. The van der Waals surface area contributed by atoms with Crippen molar-refractivity contribution in [3.63, 3.8) is 0 Å². The highest BCUT2D eigenvalue weighted by Gasteiger charge is 2.47. The number of halogens is 14. The summed E-state index contributed by atoms with van der Waals surface area (Å²) in [6, 6.07) is 9.28. The normalized spacial score (nSPS) is 18.6. The molecule has 4 aromatic carbocycles. The van der Waals surface area contributed by atoms with Crippen molar-refractivity contribution in [2.24, 2.45) is 0 Å². The van der Waals surface area contributed by atoms with Gasteiger partial charge in [-0.3, -0.25) is 9.59 Å². The van der Waals surface area contributed by atoms with Gasteiger partial charge in [-0.2, -0.15) is 52.7 Å². The number of likely N-dealkylation sites (tertiary alicyclic amines) is 2. The molecular formula is C60H70F14N4O6. The summed E-state index contributed by atoms with van der Waals surface area (Å²) in [5.74, 6) is -3.50. The summed E-state index contributed by atoms with van der Waals surface area (Å²) in [6.07, 6.45) is -21.0. The molecular weight excluding hydrogens is 1140 g/mol. The Morgan fingerprint density at radius 1 is 0.440 bits per heavy atom. The zero-order valence-corrected chi connectivity index (χ0v) is 49.0. The number of nitrogens with zero attached hydrogens (tertiary/aromatic N) is 4. The molecule has 10 nitrogen and oxygen atoms in total. The fraction of sp³-hybridized carbons (Fsp3) is 0.533. The van der Waals surface area contributed by atoms with E-state index < -0.39 is 140 Å². The number of carbonyl (C=O) groups excluding carboxylic acids is 4. The summed E-state index contributed by atoms with van der Waals surface area (Å²) in [4.78, 5) is 59.2. The molecule has 0 radical (unpaired) electrons. The van der Waals surface area contributed by atoms with Crippen LogP contribution in [-0.4, -0.2) is 107 Å². The molecule has 0 spiro atoms. The standard InChI is InChI=1S/2C30H35F7N2O3/c2*1-17-12-21(31)8-9-22(17)23-16-39(26(41)42-27(2,3)4)11-10-24(23)38(7)25(40)28(5,6)18-13-19(29(32,33)34)15-20(14-18)30(35,36)37/h2*8-9,12-15,23-24H,10-11,16H2,1-7H3/t2*23-,24+/m10/s1. The SMILES string of the molecule is Cc1cc(F)ccc1[C@@H]1CN(C(=O)OC(C)(C)C)CC[C@H]1N(C)C(=O)C(C)(C)c1cc(C(F)(F)F)cc(C(F)(F)F)c1.Cc1cc(F)ccc1[C@H]1CN(C(=O)OC(C)(C)C)CC[C@@H]1N(C)C(=O)C(C)(C)c1cc(C(F)(F)F)cc(C(F)(F)F)c1. The van der Waals surface area contributed by atoms with Gasteiger partial charge in [0.2, 0.25) is 11.8 Å². The Kier molecular flexibility index (Phi) is 19.8. The molecule has 0 saturated carbocycles. The lowest BCUT2D eigenvalue weighted by Gasteiger charge is -2.45. The molecule has 0 aliphatic carbocycles. The van der Waals surface area contributed by atoms with Gasteiger partial charge in [0.05, 0.1) is 33.1 Å².